The zero-order valence-electron chi connectivity index (χ0n) is 14.1. The number of fused-ring (bicyclic) bond motifs is 1. The van der Waals surface area contributed by atoms with Crippen LogP contribution in [0.4, 0.5) is 0 Å². The summed E-state index contributed by atoms with van der Waals surface area (Å²) in [6.45, 7) is 8.82. The fourth-order valence-electron chi connectivity index (χ4n) is 3.03. The Kier molecular flexibility index (Phi) is 5.01. The third kappa shape index (κ3) is 3.42. The first-order valence-corrected chi connectivity index (χ1v) is 9.21. The average Bonchev–Trinajstić information content (AvgIpc) is 3.04. The number of hydrogen-bond acceptors (Lipinski definition) is 3. The van der Waals surface area contributed by atoms with Gasteiger partial charge in [-0.05, 0) is 54.8 Å². The molecule has 0 atom stereocenters. The Balaban J connectivity index is 1.93. The van der Waals surface area contributed by atoms with Crippen molar-refractivity contribution >= 4 is 17.2 Å². The number of amidine groups is 1. The highest BCUT2D eigenvalue weighted by molar-refractivity contribution is 7.10. The second kappa shape index (κ2) is 7.18. The lowest BCUT2D eigenvalue weighted by Crippen LogP contribution is -2.36. The third-order valence-electron chi connectivity index (χ3n) is 4.33. The molecule has 0 spiro atoms. The van der Waals surface area contributed by atoms with Gasteiger partial charge in [0.25, 0.3) is 0 Å². The first kappa shape index (κ1) is 16.1. The topological polar surface area (TPSA) is 24.8 Å². The van der Waals surface area contributed by atoms with Crippen molar-refractivity contribution in [3.8, 4) is 0 Å². The van der Waals surface area contributed by atoms with Gasteiger partial charge < -0.3 is 9.74 Å². The van der Waals surface area contributed by atoms with Crippen LogP contribution >= 0.6 is 11.3 Å². The summed E-state index contributed by atoms with van der Waals surface area (Å²) in [5.41, 5.74) is 5.22. The molecule has 23 heavy (non-hydrogen) atoms. The van der Waals surface area contributed by atoms with Gasteiger partial charge in [-0.1, -0.05) is 30.3 Å². The molecule has 0 aliphatic carbocycles. The van der Waals surface area contributed by atoms with Crippen LogP contribution in [0.5, 0.6) is 0 Å². The minimum atomic E-state index is 0.590. The molecule has 1 aliphatic rings. The Morgan fingerprint density at radius 2 is 2.17 bits per heavy atom. The number of aryl methyl sites for hydroxylation is 2. The summed E-state index contributed by atoms with van der Waals surface area (Å²) >= 11 is 1.86. The Labute approximate surface area is 142 Å². The van der Waals surface area contributed by atoms with Crippen molar-refractivity contribution in [1.29, 1.82) is 0 Å². The van der Waals surface area contributed by atoms with Crippen LogP contribution in [0.1, 0.15) is 41.0 Å². The third-order valence-corrected chi connectivity index (χ3v) is 5.35. The van der Waals surface area contributed by atoms with Crippen molar-refractivity contribution in [1.82, 2.24) is 4.90 Å². The predicted octanol–water partition coefficient (Wildman–Crippen LogP) is 4.38. The quantitative estimate of drug-likeness (QED) is 0.473. The fourth-order valence-corrected chi connectivity index (χ4v) is 3.92. The number of oxime groups is 1. The number of nitrogens with zero attached hydrogens (tertiary/aromatic N) is 2. The zero-order valence-corrected chi connectivity index (χ0v) is 14.9. The van der Waals surface area contributed by atoms with Crippen LogP contribution < -0.4 is 0 Å². The molecule has 0 unspecified atom stereocenters. The zero-order chi connectivity index (χ0) is 16.2. The van der Waals surface area contributed by atoms with Crippen LogP contribution in [0.25, 0.3) is 0 Å². The van der Waals surface area contributed by atoms with E-state index in [2.05, 4.69) is 53.5 Å². The van der Waals surface area contributed by atoms with E-state index in [1.807, 2.05) is 18.3 Å². The lowest BCUT2D eigenvalue weighted by atomic mass is 10.0. The van der Waals surface area contributed by atoms with Gasteiger partial charge in [0.2, 0.25) is 0 Å². The van der Waals surface area contributed by atoms with Crippen LogP contribution in [-0.2, 0) is 24.2 Å². The summed E-state index contributed by atoms with van der Waals surface area (Å²) in [5, 5.41) is 6.65. The van der Waals surface area contributed by atoms with Gasteiger partial charge in [-0.2, -0.15) is 0 Å². The van der Waals surface area contributed by atoms with Gasteiger partial charge in [0.1, 0.15) is 6.61 Å². The molecule has 0 fully saturated rings. The summed E-state index contributed by atoms with van der Waals surface area (Å²) < 4.78 is 0. The van der Waals surface area contributed by atoms with Gasteiger partial charge in [0.15, 0.2) is 5.84 Å². The molecule has 1 aromatic heterocycles. The molecule has 2 heterocycles. The molecule has 122 valence electrons. The summed E-state index contributed by atoms with van der Waals surface area (Å²) in [6.07, 6.45) is 2.14. The molecule has 0 radical (unpaired) electrons. The van der Waals surface area contributed by atoms with Crippen molar-refractivity contribution in [2.24, 2.45) is 5.16 Å². The second-order valence-electron chi connectivity index (χ2n) is 5.88. The summed E-state index contributed by atoms with van der Waals surface area (Å²) in [7, 11) is 0. The van der Waals surface area contributed by atoms with E-state index >= 15 is 0 Å². The van der Waals surface area contributed by atoms with Gasteiger partial charge in [-0.25, -0.2) is 0 Å². The molecule has 3 rings (SSSR count). The predicted molar refractivity (Wildman–Crippen MR) is 97.2 cm³/mol. The summed E-state index contributed by atoms with van der Waals surface area (Å²) in [5.74, 6) is 0.962. The SMILES string of the molecule is CCO/N=C(/c1ccc(CC)cc1C)N1CCc2sccc2C1. The summed E-state index contributed by atoms with van der Waals surface area (Å²) in [4.78, 5) is 9.29. The average molecular weight is 328 g/mol. The minimum Gasteiger partial charge on any atom is -0.394 e. The van der Waals surface area contributed by atoms with Crippen LogP contribution in [0, 0.1) is 6.92 Å². The maximum absolute atomic E-state index is 5.43. The van der Waals surface area contributed by atoms with Crippen LogP contribution in [0.15, 0.2) is 34.8 Å². The van der Waals surface area contributed by atoms with E-state index < -0.39 is 0 Å². The van der Waals surface area contributed by atoms with Crippen LogP contribution in [0.3, 0.4) is 0 Å². The minimum absolute atomic E-state index is 0.590. The largest absolute Gasteiger partial charge is 0.394 e. The highest BCUT2D eigenvalue weighted by Gasteiger charge is 2.23. The normalized spacial score (nSPS) is 14.7. The standard InChI is InChI=1S/C19H24N2OS/c1-4-15-6-7-17(14(3)12-15)19(20-22-5-2)21-10-8-18-16(13-21)9-11-23-18/h6-7,9,11-12H,4-5,8,10,13H2,1-3H3/b20-19-. The van der Waals surface area contributed by atoms with E-state index in [0.717, 1.165) is 31.8 Å². The lowest BCUT2D eigenvalue weighted by Gasteiger charge is -2.30. The van der Waals surface area contributed by atoms with Crippen molar-refractivity contribution in [2.75, 3.05) is 13.2 Å². The molecule has 0 bridgehead atoms. The Morgan fingerprint density at radius 1 is 1.30 bits per heavy atom. The van der Waals surface area contributed by atoms with Gasteiger partial charge in [-0.15, -0.1) is 11.3 Å². The van der Waals surface area contributed by atoms with Gasteiger partial charge in [0.05, 0.1) is 0 Å². The Morgan fingerprint density at radius 3 is 2.91 bits per heavy atom. The first-order valence-electron chi connectivity index (χ1n) is 8.33. The highest BCUT2D eigenvalue weighted by atomic mass is 32.1. The molecule has 0 saturated heterocycles. The van der Waals surface area contributed by atoms with Crippen molar-refractivity contribution < 1.29 is 4.84 Å². The van der Waals surface area contributed by atoms with Crippen molar-refractivity contribution in [2.45, 2.75) is 40.2 Å². The lowest BCUT2D eigenvalue weighted by molar-refractivity contribution is 0.153. The molecule has 1 aromatic carbocycles. The molecule has 1 aliphatic heterocycles. The number of hydrogen-bond donors (Lipinski definition) is 0. The van der Waals surface area contributed by atoms with E-state index in [1.54, 1.807) is 0 Å². The summed E-state index contributed by atoms with van der Waals surface area (Å²) in [6, 6.07) is 8.88. The number of thiophene rings is 1. The molecule has 2 aromatic rings. The molecule has 4 heteroatoms. The molecular formula is C19H24N2OS. The van der Waals surface area contributed by atoms with Crippen LogP contribution in [0.2, 0.25) is 0 Å². The van der Waals surface area contributed by atoms with E-state index in [-0.39, 0.29) is 0 Å². The van der Waals surface area contributed by atoms with E-state index in [1.165, 1.54) is 27.1 Å². The highest BCUT2D eigenvalue weighted by Crippen LogP contribution is 2.26. The second-order valence-corrected chi connectivity index (χ2v) is 6.88. The van der Waals surface area contributed by atoms with Crippen LogP contribution in [-0.4, -0.2) is 23.9 Å². The molecular weight excluding hydrogens is 304 g/mol. The fraction of sp³-hybridized carbons (Fsp3) is 0.421. The monoisotopic (exact) mass is 328 g/mol. The van der Waals surface area contributed by atoms with E-state index in [9.17, 15) is 0 Å². The maximum atomic E-state index is 5.43. The van der Waals surface area contributed by atoms with Crippen molar-refractivity contribution in [3.63, 3.8) is 0 Å². The smallest absolute Gasteiger partial charge is 0.176 e. The molecule has 0 N–H and O–H groups in total. The molecule has 0 amide bonds. The van der Waals surface area contributed by atoms with Gasteiger partial charge in [0, 0.05) is 23.5 Å². The molecule has 3 nitrogen and oxygen atoms in total. The molecule has 0 saturated carbocycles. The number of rotatable bonds is 4. The van der Waals surface area contributed by atoms with E-state index in [0.29, 0.717) is 6.61 Å². The maximum Gasteiger partial charge on any atom is 0.176 e. The Bertz CT molecular complexity index is 705. The van der Waals surface area contributed by atoms with Gasteiger partial charge in [-0.3, -0.25) is 0 Å². The first-order chi connectivity index (χ1) is 11.2. The van der Waals surface area contributed by atoms with Gasteiger partial charge >= 0.3 is 0 Å². The number of benzene rings is 1. The van der Waals surface area contributed by atoms with Crippen molar-refractivity contribution in [3.05, 3.63) is 56.8 Å². The Hall–Kier alpha value is -1.81. The van der Waals surface area contributed by atoms with E-state index in [4.69, 9.17) is 4.84 Å².